The van der Waals surface area contributed by atoms with Crippen molar-refractivity contribution >= 4 is 0 Å². The molecule has 1 saturated carbocycles. The van der Waals surface area contributed by atoms with Crippen LogP contribution in [-0.4, -0.2) is 12.6 Å². The van der Waals surface area contributed by atoms with Crippen LogP contribution in [0.25, 0.3) is 0 Å². The summed E-state index contributed by atoms with van der Waals surface area (Å²) in [6, 6.07) is 8.88. The van der Waals surface area contributed by atoms with E-state index in [-0.39, 0.29) is 0 Å². The molecule has 1 unspecified atom stereocenters. The van der Waals surface area contributed by atoms with Crippen LogP contribution in [0.2, 0.25) is 0 Å². The molecule has 0 heterocycles. The Kier molecular flexibility index (Phi) is 6.56. The van der Waals surface area contributed by atoms with Gasteiger partial charge in [0.2, 0.25) is 0 Å². The molecule has 0 aliphatic heterocycles. The van der Waals surface area contributed by atoms with Gasteiger partial charge >= 0.3 is 0 Å². The summed E-state index contributed by atoms with van der Waals surface area (Å²) in [5, 5.41) is 3.56. The maximum absolute atomic E-state index is 6.34. The minimum absolute atomic E-state index is 0.355. The summed E-state index contributed by atoms with van der Waals surface area (Å²) in [4.78, 5) is 0. The van der Waals surface area contributed by atoms with Crippen molar-refractivity contribution in [3.8, 4) is 5.75 Å². The molecule has 1 aliphatic carbocycles. The van der Waals surface area contributed by atoms with E-state index >= 15 is 0 Å². The first-order valence-electron chi connectivity index (χ1n) is 8.73. The maximum atomic E-state index is 6.34. The first-order valence-corrected chi connectivity index (χ1v) is 8.73. The molecule has 0 saturated heterocycles. The van der Waals surface area contributed by atoms with Gasteiger partial charge in [0.15, 0.2) is 0 Å². The summed E-state index contributed by atoms with van der Waals surface area (Å²) in [7, 11) is 0. The highest BCUT2D eigenvalue weighted by Gasteiger charge is 2.22. The molecule has 1 aromatic rings. The second kappa shape index (κ2) is 8.43. The van der Waals surface area contributed by atoms with E-state index in [2.05, 4.69) is 50.4 Å². The zero-order valence-electron chi connectivity index (χ0n) is 13.9. The fourth-order valence-corrected chi connectivity index (χ4v) is 3.25. The number of ether oxygens (including phenoxy) is 1. The van der Waals surface area contributed by atoms with E-state index in [1.807, 2.05) is 0 Å². The summed E-state index contributed by atoms with van der Waals surface area (Å²) in [6.07, 6.45) is 7.97. The van der Waals surface area contributed by atoms with E-state index in [0.717, 1.165) is 24.6 Å². The number of benzene rings is 1. The SMILES string of the molecule is CCCNC(C)c1ccccc1OC1CCC(CC)CC1. The lowest BCUT2D eigenvalue weighted by atomic mass is 9.86. The lowest BCUT2D eigenvalue weighted by Gasteiger charge is -2.29. The third kappa shape index (κ3) is 4.74. The Balaban J connectivity index is 1.96. The molecule has 2 rings (SSSR count). The van der Waals surface area contributed by atoms with Crippen molar-refractivity contribution in [2.24, 2.45) is 5.92 Å². The van der Waals surface area contributed by atoms with Crippen LogP contribution in [0, 0.1) is 5.92 Å². The Bertz CT molecular complexity index is 410. The highest BCUT2D eigenvalue weighted by Crippen LogP contribution is 2.32. The molecule has 1 aliphatic rings. The quantitative estimate of drug-likeness (QED) is 0.754. The van der Waals surface area contributed by atoms with Gasteiger partial charge in [-0.05, 0) is 57.6 Å². The molecule has 1 atom stereocenters. The zero-order valence-corrected chi connectivity index (χ0v) is 13.9. The van der Waals surface area contributed by atoms with Gasteiger partial charge in [-0.2, -0.15) is 0 Å². The number of para-hydroxylation sites is 1. The van der Waals surface area contributed by atoms with Gasteiger partial charge in [-0.3, -0.25) is 0 Å². The van der Waals surface area contributed by atoms with Crippen molar-refractivity contribution in [3.63, 3.8) is 0 Å². The van der Waals surface area contributed by atoms with E-state index in [9.17, 15) is 0 Å². The van der Waals surface area contributed by atoms with Crippen LogP contribution < -0.4 is 10.1 Å². The van der Waals surface area contributed by atoms with Gasteiger partial charge in [-0.1, -0.05) is 38.5 Å². The molecule has 1 fully saturated rings. The van der Waals surface area contributed by atoms with Crippen LogP contribution >= 0.6 is 0 Å². The lowest BCUT2D eigenvalue weighted by molar-refractivity contribution is 0.128. The summed E-state index contributed by atoms with van der Waals surface area (Å²) >= 11 is 0. The van der Waals surface area contributed by atoms with Crippen LogP contribution in [0.15, 0.2) is 24.3 Å². The Morgan fingerprint density at radius 3 is 2.52 bits per heavy atom. The molecule has 0 bridgehead atoms. The van der Waals surface area contributed by atoms with Gasteiger partial charge in [0.25, 0.3) is 0 Å². The summed E-state index contributed by atoms with van der Waals surface area (Å²) < 4.78 is 6.34. The van der Waals surface area contributed by atoms with Crippen molar-refractivity contribution in [2.75, 3.05) is 6.54 Å². The standard InChI is InChI=1S/C19H31NO/c1-4-14-20-15(3)18-8-6-7-9-19(18)21-17-12-10-16(5-2)11-13-17/h6-9,15-17,20H,4-5,10-14H2,1-3H3. The van der Waals surface area contributed by atoms with Crippen molar-refractivity contribution in [2.45, 2.75) is 71.4 Å². The number of rotatable bonds is 7. The highest BCUT2D eigenvalue weighted by molar-refractivity contribution is 5.35. The van der Waals surface area contributed by atoms with Gasteiger partial charge in [0.05, 0.1) is 6.10 Å². The minimum atomic E-state index is 0.355. The fourth-order valence-electron chi connectivity index (χ4n) is 3.25. The van der Waals surface area contributed by atoms with E-state index in [4.69, 9.17) is 4.74 Å². The van der Waals surface area contributed by atoms with Crippen LogP contribution in [0.5, 0.6) is 5.75 Å². The molecule has 0 spiro atoms. The molecule has 2 heteroatoms. The summed E-state index contributed by atoms with van der Waals surface area (Å²) in [5.74, 6) is 2.00. The maximum Gasteiger partial charge on any atom is 0.124 e. The topological polar surface area (TPSA) is 21.3 Å². The second-order valence-corrected chi connectivity index (χ2v) is 6.38. The molecule has 2 nitrogen and oxygen atoms in total. The minimum Gasteiger partial charge on any atom is -0.490 e. The Labute approximate surface area is 130 Å². The Hall–Kier alpha value is -1.02. The predicted octanol–water partition coefficient (Wildman–Crippen LogP) is 5.09. The van der Waals surface area contributed by atoms with Gasteiger partial charge in [-0.15, -0.1) is 0 Å². The molecule has 118 valence electrons. The van der Waals surface area contributed by atoms with Crippen molar-refractivity contribution in [1.29, 1.82) is 0 Å². The van der Waals surface area contributed by atoms with E-state index in [1.165, 1.54) is 37.7 Å². The average Bonchev–Trinajstić information content (AvgIpc) is 2.54. The molecular weight excluding hydrogens is 258 g/mol. The first-order chi connectivity index (χ1) is 10.2. The third-order valence-corrected chi connectivity index (χ3v) is 4.75. The molecular formula is C19H31NO. The molecule has 21 heavy (non-hydrogen) atoms. The van der Waals surface area contributed by atoms with E-state index < -0.39 is 0 Å². The van der Waals surface area contributed by atoms with E-state index in [0.29, 0.717) is 12.1 Å². The zero-order chi connectivity index (χ0) is 15.1. The second-order valence-electron chi connectivity index (χ2n) is 6.38. The molecule has 0 aromatic heterocycles. The van der Waals surface area contributed by atoms with Crippen LogP contribution in [-0.2, 0) is 0 Å². The largest absolute Gasteiger partial charge is 0.490 e. The van der Waals surface area contributed by atoms with Crippen molar-refractivity contribution in [1.82, 2.24) is 5.32 Å². The van der Waals surface area contributed by atoms with Crippen LogP contribution in [0.4, 0.5) is 0 Å². The monoisotopic (exact) mass is 289 g/mol. The average molecular weight is 289 g/mol. The summed E-state index contributed by atoms with van der Waals surface area (Å²) in [6.45, 7) is 7.79. The van der Waals surface area contributed by atoms with Crippen molar-refractivity contribution < 1.29 is 4.74 Å². The fraction of sp³-hybridized carbons (Fsp3) is 0.684. The number of hydrogen-bond acceptors (Lipinski definition) is 2. The Morgan fingerprint density at radius 2 is 1.86 bits per heavy atom. The van der Waals surface area contributed by atoms with Gasteiger partial charge in [0, 0.05) is 11.6 Å². The molecule has 1 aromatic carbocycles. The van der Waals surface area contributed by atoms with Crippen LogP contribution in [0.3, 0.4) is 0 Å². The first kappa shape index (κ1) is 16.4. The lowest BCUT2D eigenvalue weighted by Crippen LogP contribution is -2.25. The molecule has 0 amide bonds. The van der Waals surface area contributed by atoms with Gasteiger partial charge in [0.1, 0.15) is 5.75 Å². The van der Waals surface area contributed by atoms with E-state index in [1.54, 1.807) is 0 Å². The summed E-state index contributed by atoms with van der Waals surface area (Å²) in [5.41, 5.74) is 1.29. The highest BCUT2D eigenvalue weighted by atomic mass is 16.5. The molecule has 0 radical (unpaired) electrons. The molecule has 1 N–H and O–H groups in total. The predicted molar refractivity (Wildman–Crippen MR) is 89.8 cm³/mol. The Morgan fingerprint density at radius 1 is 1.14 bits per heavy atom. The smallest absolute Gasteiger partial charge is 0.124 e. The number of hydrogen-bond donors (Lipinski definition) is 1. The number of nitrogens with one attached hydrogen (secondary N) is 1. The van der Waals surface area contributed by atoms with Crippen LogP contribution in [0.1, 0.15) is 70.9 Å². The van der Waals surface area contributed by atoms with Gasteiger partial charge in [-0.25, -0.2) is 0 Å². The van der Waals surface area contributed by atoms with Crippen molar-refractivity contribution in [3.05, 3.63) is 29.8 Å². The van der Waals surface area contributed by atoms with Gasteiger partial charge < -0.3 is 10.1 Å². The third-order valence-electron chi connectivity index (χ3n) is 4.75. The normalized spacial score (nSPS) is 23.8.